The first-order valence-electron chi connectivity index (χ1n) is 6.29. The fraction of sp³-hybridized carbons (Fsp3) is 0.462. The van der Waals surface area contributed by atoms with E-state index in [2.05, 4.69) is 10.5 Å². The van der Waals surface area contributed by atoms with Crippen molar-refractivity contribution in [3.63, 3.8) is 0 Å². The van der Waals surface area contributed by atoms with Gasteiger partial charge < -0.3 is 0 Å². The third-order valence-corrected chi connectivity index (χ3v) is 3.21. The molecule has 2 rings (SSSR count). The largest absolute Gasteiger partial charge is 0.279 e. The molecule has 18 heavy (non-hydrogen) atoms. The maximum atomic E-state index is 10.5. The van der Waals surface area contributed by atoms with E-state index in [1.54, 1.807) is 12.1 Å². The highest BCUT2D eigenvalue weighted by Gasteiger charge is 2.10. The van der Waals surface area contributed by atoms with Crippen molar-refractivity contribution >= 4 is 17.6 Å². The molecule has 0 amide bonds. The fourth-order valence-electron chi connectivity index (χ4n) is 2.16. The molecular weight excluding hydrogens is 230 g/mol. The Bertz CT molecular complexity index is 422. The van der Waals surface area contributed by atoms with Crippen molar-refractivity contribution in [2.75, 3.05) is 5.43 Å². The summed E-state index contributed by atoms with van der Waals surface area (Å²) in [7, 11) is 0. The van der Waals surface area contributed by atoms with Crippen LogP contribution in [0.25, 0.3) is 0 Å². The summed E-state index contributed by atoms with van der Waals surface area (Å²) < 4.78 is 0. The molecule has 0 spiro atoms. The van der Waals surface area contributed by atoms with Gasteiger partial charge in [-0.2, -0.15) is 5.10 Å². The number of nitro groups is 1. The quantitative estimate of drug-likeness (QED) is 0.502. The van der Waals surface area contributed by atoms with Crippen LogP contribution in [0.2, 0.25) is 0 Å². The van der Waals surface area contributed by atoms with E-state index in [4.69, 9.17) is 0 Å². The maximum Gasteiger partial charge on any atom is 0.269 e. The third-order valence-electron chi connectivity index (χ3n) is 3.21. The summed E-state index contributed by atoms with van der Waals surface area (Å²) in [5.74, 6) is 0.573. The lowest BCUT2D eigenvalue weighted by molar-refractivity contribution is -0.384. The molecule has 1 aromatic rings. The highest BCUT2D eigenvalue weighted by atomic mass is 16.6. The normalized spacial score (nSPS) is 16.9. The topological polar surface area (TPSA) is 67.5 Å². The van der Waals surface area contributed by atoms with Crippen LogP contribution in [-0.2, 0) is 0 Å². The lowest BCUT2D eigenvalue weighted by Gasteiger charge is -2.16. The van der Waals surface area contributed by atoms with Crippen molar-refractivity contribution in [3.8, 4) is 0 Å². The summed E-state index contributed by atoms with van der Waals surface area (Å²) in [6.07, 6.45) is 8.29. The molecule has 0 atom stereocenters. The third kappa shape index (κ3) is 3.55. The van der Waals surface area contributed by atoms with Crippen molar-refractivity contribution < 1.29 is 4.92 Å². The molecule has 0 bridgehead atoms. The van der Waals surface area contributed by atoms with Crippen molar-refractivity contribution in [2.45, 2.75) is 32.1 Å². The van der Waals surface area contributed by atoms with Crippen LogP contribution in [0.4, 0.5) is 11.4 Å². The molecular formula is C13H17N3O2. The molecule has 1 aromatic carbocycles. The molecule has 96 valence electrons. The SMILES string of the molecule is O=[N+]([O-])c1ccc(N/N=C/C2CCCCC2)cc1. The van der Waals surface area contributed by atoms with E-state index >= 15 is 0 Å². The lowest BCUT2D eigenvalue weighted by atomic mass is 9.90. The number of rotatable bonds is 4. The predicted molar refractivity (Wildman–Crippen MR) is 71.8 cm³/mol. The van der Waals surface area contributed by atoms with Crippen molar-refractivity contribution in [1.29, 1.82) is 0 Å². The molecule has 0 saturated heterocycles. The van der Waals surface area contributed by atoms with Crippen molar-refractivity contribution in [2.24, 2.45) is 11.0 Å². The van der Waals surface area contributed by atoms with Gasteiger partial charge in [0.05, 0.1) is 10.6 Å². The Kier molecular flexibility index (Phi) is 4.28. The number of hydrogen-bond acceptors (Lipinski definition) is 4. The van der Waals surface area contributed by atoms with Gasteiger partial charge >= 0.3 is 0 Å². The Morgan fingerprint density at radius 2 is 1.89 bits per heavy atom. The summed E-state index contributed by atoms with van der Waals surface area (Å²) >= 11 is 0. The van der Waals surface area contributed by atoms with Crippen molar-refractivity contribution in [3.05, 3.63) is 34.4 Å². The Morgan fingerprint density at radius 3 is 2.50 bits per heavy atom. The lowest BCUT2D eigenvalue weighted by Crippen LogP contribution is -2.08. The van der Waals surface area contributed by atoms with Crippen LogP contribution in [0.5, 0.6) is 0 Å². The molecule has 5 heteroatoms. The summed E-state index contributed by atoms with van der Waals surface area (Å²) in [5.41, 5.74) is 3.77. The van der Waals surface area contributed by atoms with Crippen LogP contribution < -0.4 is 5.43 Å². The maximum absolute atomic E-state index is 10.5. The Labute approximate surface area is 106 Å². The van der Waals surface area contributed by atoms with Gasteiger partial charge in [-0.1, -0.05) is 19.3 Å². The average Bonchev–Trinajstić information content (AvgIpc) is 2.40. The number of nitro benzene ring substituents is 1. The fourth-order valence-corrected chi connectivity index (χ4v) is 2.16. The molecule has 0 unspecified atom stereocenters. The Hall–Kier alpha value is -1.91. The number of hydrazone groups is 1. The van der Waals surface area contributed by atoms with Gasteiger partial charge in [0.2, 0.25) is 0 Å². The second-order valence-corrected chi connectivity index (χ2v) is 4.59. The van der Waals surface area contributed by atoms with Gasteiger partial charge in [-0.15, -0.1) is 0 Å². The second kappa shape index (κ2) is 6.14. The summed E-state index contributed by atoms with van der Waals surface area (Å²) in [5, 5.41) is 14.7. The van der Waals surface area contributed by atoms with Gasteiger partial charge in [-0.05, 0) is 30.9 Å². The van der Waals surface area contributed by atoms with E-state index < -0.39 is 4.92 Å². The number of nitrogens with one attached hydrogen (secondary N) is 1. The van der Waals surface area contributed by atoms with Crippen LogP contribution >= 0.6 is 0 Å². The summed E-state index contributed by atoms with van der Waals surface area (Å²) in [6.45, 7) is 0. The van der Waals surface area contributed by atoms with Crippen LogP contribution in [0.15, 0.2) is 29.4 Å². The molecule has 1 saturated carbocycles. The van der Waals surface area contributed by atoms with Gasteiger partial charge in [-0.25, -0.2) is 0 Å². The first kappa shape index (κ1) is 12.5. The standard InChI is InChI=1S/C13H17N3O2/c17-16(18)13-8-6-12(7-9-13)15-14-10-11-4-2-1-3-5-11/h6-11,15H,1-5H2/b14-10+. The number of nitrogens with zero attached hydrogens (tertiary/aromatic N) is 2. The molecule has 5 nitrogen and oxygen atoms in total. The summed E-state index contributed by atoms with van der Waals surface area (Å²) in [4.78, 5) is 10.1. The smallest absolute Gasteiger partial charge is 0.269 e. The molecule has 0 aliphatic heterocycles. The Morgan fingerprint density at radius 1 is 1.22 bits per heavy atom. The summed E-state index contributed by atoms with van der Waals surface area (Å²) in [6, 6.07) is 6.27. The van der Waals surface area contributed by atoms with E-state index in [1.165, 1.54) is 44.2 Å². The number of non-ortho nitro benzene ring substituents is 1. The van der Waals surface area contributed by atoms with Gasteiger partial charge in [0.1, 0.15) is 0 Å². The van der Waals surface area contributed by atoms with Crippen LogP contribution in [-0.4, -0.2) is 11.1 Å². The Balaban J connectivity index is 1.85. The zero-order valence-corrected chi connectivity index (χ0v) is 10.2. The minimum atomic E-state index is -0.408. The molecule has 0 radical (unpaired) electrons. The first-order valence-corrected chi connectivity index (χ1v) is 6.29. The van der Waals surface area contributed by atoms with E-state index in [1.807, 2.05) is 6.21 Å². The van der Waals surface area contributed by atoms with Crippen LogP contribution in [0.3, 0.4) is 0 Å². The highest BCUT2D eigenvalue weighted by Crippen LogP contribution is 2.22. The number of benzene rings is 1. The van der Waals surface area contributed by atoms with Gasteiger partial charge in [0.25, 0.3) is 5.69 Å². The zero-order chi connectivity index (χ0) is 12.8. The van der Waals surface area contributed by atoms with E-state index in [9.17, 15) is 10.1 Å². The molecule has 1 N–H and O–H groups in total. The minimum Gasteiger partial charge on any atom is -0.279 e. The highest BCUT2D eigenvalue weighted by molar-refractivity contribution is 5.62. The average molecular weight is 247 g/mol. The monoisotopic (exact) mass is 247 g/mol. The predicted octanol–water partition coefficient (Wildman–Crippen LogP) is 3.57. The minimum absolute atomic E-state index is 0.0943. The van der Waals surface area contributed by atoms with Gasteiger partial charge in [-0.3, -0.25) is 15.5 Å². The number of hydrogen-bond donors (Lipinski definition) is 1. The number of anilines is 1. The molecule has 1 fully saturated rings. The van der Waals surface area contributed by atoms with E-state index in [0.717, 1.165) is 5.69 Å². The van der Waals surface area contributed by atoms with E-state index in [-0.39, 0.29) is 5.69 Å². The van der Waals surface area contributed by atoms with Gasteiger partial charge in [0.15, 0.2) is 0 Å². The van der Waals surface area contributed by atoms with Crippen LogP contribution in [0, 0.1) is 16.0 Å². The van der Waals surface area contributed by atoms with Crippen LogP contribution in [0.1, 0.15) is 32.1 Å². The van der Waals surface area contributed by atoms with Gasteiger partial charge in [0, 0.05) is 18.3 Å². The molecule has 0 aromatic heterocycles. The molecule has 1 aliphatic carbocycles. The van der Waals surface area contributed by atoms with Crippen molar-refractivity contribution in [1.82, 2.24) is 0 Å². The first-order chi connectivity index (χ1) is 8.75. The zero-order valence-electron chi connectivity index (χ0n) is 10.2. The van der Waals surface area contributed by atoms with E-state index in [0.29, 0.717) is 5.92 Å². The molecule has 0 heterocycles. The second-order valence-electron chi connectivity index (χ2n) is 4.59. The molecule has 1 aliphatic rings.